The fourth-order valence-corrected chi connectivity index (χ4v) is 2.92. The van der Waals surface area contributed by atoms with Gasteiger partial charge in [0.1, 0.15) is 0 Å². The number of benzene rings is 2. The molecule has 0 atom stereocenters. The molecular weight excluding hydrogens is 340 g/mol. The largest absolute Gasteiger partial charge is 0.251 e. The van der Waals surface area contributed by atoms with Crippen molar-refractivity contribution in [3.05, 3.63) is 70.2 Å². The van der Waals surface area contributed by atoms with Crippen LogP contribution in [-0.2, 0) is 15.8 Å². The number of nitrogens with zero attached hydrogens (tertiary/aromatic N) is 1. The van der Waals surface area contributed by atoms with Crippen molar-refractivity contribution in [2.45, 2.75) is 5.75 Å². The number of nitrogens with one attached hydrogen (secondary N) is 1. The molecule has 4 nitrogen and oxygen atoms in total. The van der Waals surface area contributed by atoms with Gasteiger partial charge in [0.15, 0.2) is 0 Å². The quantitative estimate of drug-likeness (QED) is 0.664. The van der Waals surface area contributed by atoms with Crippen LogP contribution in [0.2, 0.25) is 0 Å². The van der Waals surface area contributed by atoms with Crippen LogP contribution in [-0.4, -0.2) is 14.6 Å². The van der Waals surface area contributed by atoms with E-state index in [4.69, 9.17) is 0 Å². The van der Waals surface area contributed by atoms with Gasteiger partial charge in [-0.15, -0.1) is 0 Å². The first-order valence-electron chi connectivity index (χ1n) is 5.87. The first kappa shape index (κ1) is 14.7. The molecule has 0 saturated carbocycles. The summed E-state index contributed by atoms with van der Waals surface area (Å²) in [7, 11) is -3.47. The molecule has 104 valence electrons. The van der Waals surface area contributed by atoms with Gasteiger partial charge in [-0.05, 0) is 23.3 Å². The van der Waals surface area contributed by atoms with Crippen LogP contribution in [0.25, 0.3) is 0 Å². The highest BCUT2D eigenvalue weighted by molar-refractivity contribution is 9.10. The molecule has 0 fully saturated rings. The zero-order chi connectivity index (χ0) is 14.4. The van der Waals surface area contributed by atoms with Crippen molar-refractivity contribution in [1.82, 2.24) is 4.83 Å². The molecule has 0 bridgehead atoms. The topological polar surface area (TPSA) is 58.5 Å². The summed E-state index contributed by atoms with van der Waals surface area (Å²) >= 11 is 3.34. The number of sulfonamides is 1. The predicted octanol–water partition coefficient (Wildman–Crippen LogP) is 2.90. The predicted molar refractivity (Wildman–Crippen MR) is 83.9 cm³/mol. The van der Waals surface area contributed by atoms with Crippen LogP contribution in [0.3, 0.4) is 0 Å². The van der Waals surface area contributed by atoms with Gasteiger partial charge in [0.05, 0.1) is 12.0 Å². The Hall–Kier alpha value is -1.66. The third-order valence-electron chi connectivity index (χ3n) is 2.45. The molecule has 2 aromatic carbocycles. The van der Waals surface area contributed by atoms with Crippen molar-refractivity contribution in [2.24, 2.45) is 5.10 Å². The van der Waals surface area contributed by atoms with Gasteiger partial charge in [0, 0.05) is 4.47 Å². The standard InChI is InChI=1S/C14H13BrN2O2S/c15-14-8-4-7-13(9-14)10-16-17-20(18,19)11-12-5-2-1-3-6-12/h1-10,17H,11H2/b16-10+. The van der Waals surface area contributed by atoms with Crippen molar-refractivity contribution in [3.63, 3.8) is 0 Å². The van der Waals surface area contributed by atoms with E-state index in [0.717, 1.165) is 15.6 Å². The van der Waals surface area contributed by atoms with Gasteiger partial charge in [-0.2, -0.15) is 5.10 Å². The first-order chi connectivity index (χ1) is 9.55. The smallest absolute Gasteiger partial charge is 0.205 e. The fraction of sp³-hybridized carbons (Fsp3) is 0.0714. The van der Waals surface area contributed by atoms with Gasteiger partial charge in [-0.25, -0.2) is 13.2 Å². The highest BCUT2D eigenvalue weighted by atomic mass is 79.9. The minimum Gasteiger partial charge on any atom is -0.205 e. The SMILES string of the molecule is O=S(=O)(Cc1ccccc1)N/N=C/c1cccc(Br)c1. The van der Waals surface area contributed by atoms with Crippen LogP contribution in [0.15, 0.2) is 64.2 Å². The van der Waals surface area contributed by atoms with Gasteiger partial charge in [-0.1, -0.05) is 58.4 Å². The molecule has 0 spiro atoms. The normalized spacial score (nSPS) is 11.7. The summed E-state index contributed by atoms with van der Waals surface area (Å²) in [6.07, 6.45) is 1.47. The lowest BCUT2D eigenvalue weighted by molar-refractivity contribution is 0.584. The zero-order valence-electron chi connectivity index (χ0n) is 10.5. The van der Waals surface area contributed by atoms with Gasteiger partial charge in [0.2, 0.25) is 0 Å². The maximum absolute atomic E-state index is 11.8. The molecule has 0 saturated heterocycles. The van der Waals surface area contributed by atoms with Crippen molar-refractivity contribution in [1.29, 1.82) is 0 Å². The third-order valence-corrected chi connectivity index (χ3v) is 4.04. The molecule has 0 aliphatic carbocycles. The Kier molecular flexibility index (Phi) is 4.92. The van der Waals surface area contributed by atoms with E-state index < -0.39 is 10.0 Å². The van der Waals surface area contributed by atoms with Gasteiger partial charge >= 0.3 is 0 Å². The second-order valence-electron chi connectivity index (χ2n) is 4.15. The Labute approximate surface area is 126 Å². The minimum atomic E-state index is -3.47. The Morgan fingerprint density at radius 2 is 1.85 bits per heavy atom. The molecule has 0 radical (unpaired) electrons. The maximum atomic E-state index is 11.8. The van der Waals surface area contributed by atoms with Gasteiger partial charge in [0.25, 0.3) is 10.0 Å². The summed E-state index contributed by atoms with van der Waals surface area (Å²) in [5, 5.41) is 3.77. The highest BCUT2D eigenvalue weighted by Gasteiger charge is 2.09. The van der Waals surface area contributed by atoms with Gasteiger partial charge < -0.3 is 0 Å². The average Bonchev–Trinajstić information content (AvgIpc) is 2.39. The molecular formula is C14H13BrN2O2S. The van der Waals surface area contributed by atoms with E-state index in [1.54, 1.807) is 24.3 Å². The van der Waals surface area contributed by atoms with Crippen LogP contribution in [0.4, 0.5) is 0 Å². The summed E-state index contributed by atoms with van der Waals surface area (Å²) in [6, 6.07) is 16.4. The lowest BCUT2D eigenvalue weighted by atomic mass is 10.2. The van der Waals surface area contributed by atoms with Crippen LogP contribution < -0.4 is 4.83 Å². The van der Waals surface area contributed by atoms with E-state index in [2.05, 4.69) is 25.9 Å². The molecule has 20 heavy (non-hydrogen) atoms. The van der Waals surface area contributed by atoms with Gasteiger partial charge in [-0.3, -0.25) is 0 Å². The first-order valence-corrected chi connectivity index (χ1v) is 8.32. The molecule has 6 heteroatoms. The molecule has 2 rings (SSSR count). The third kappa shape index (κ3) is 4.79. The molecule has 0 aromatic heterocycles. The lowest BCUT2D eigenvalue weighted by Crippen LogP contribution is -2.20. The Balaban J connectivity index is 1.99. The zero-order valence-corrected chi connectivity index (χ0v) is 12.9. The molecule has 0 aliphatic rings. The minimum absolute atomic E-state index is 0.0936. The summed E-state index contributed by atoms with van der Waals surface area (Å²) < 4.78 is 24.6. The number of rotatable bonds is 5. The van der Waals surface area contributed by atoms with E-state index in [-0.39, 0.29) is 5.75 Å². The molecule has 0 heterocycles. The molecule has 0 amide bonds. The van der Waals surface area contributed by atoms with E-state index in [9.17, 15) is 8.42 Å². The van der Waals surface area contributed by atoms with Crippen LogP contribution in [0.1, 0.15) is 11.1 Å². The van der Waals surface area contributed by atoms with E-state index >= 15 is 0 Å². The summed E-state index contributed by atoms with van der Waals surface area (Å²) in [5.74, 6) is -0.0936. The molecule has 2 aromatic rings. The fourth-order valence-electron chi connectivity index (χ4n) is 1.59. The average molecular weight is 353 g/mol. The second-order valence-corrected chi connectivity index (χ2v) is 6.77. The number of hydrazone groups is 1. The summed E-state index contributed by atoms with van der Waals surface area (Å²) in [5.41, 5.74) is 1.53. The van der Waals surface area contributed by atoms with E-state index in [0.29, 0.717) is 0 Å². The Morgan fingerprint density at radius 3 is 2.55 bits per heavy atom. The maximum Gasteiger partial charge on any atom is 0.251 e. The Morgan fingerprint density at radius 1 is 1.10 bits per heavy atom. The van der Waals surface area contributed by atoms with Crippen LogP contribution in [0, 0.1) is 0 Å². The highest BCUT2D eigenvalue weighted by Crippen LogP contribution is 2.10. The van der Waals surface area contributed by atoms with E-state index in [1.807, 2.05) is 30.3 Å². The van der Waals surface area contributed by atoms with Crippen LogP contribution in [0.5, 0.6) is 0 Å². The summed E-state index contributed by atoms with van der Waals surface area (Å²) in [4.78, 5) is 2.20. The number of hydrogen-bond donors (Lipinski definition) is 1. The van der Waals surface area contributed by atoms with Crippen molar-refractivity contribution in [2.75, 3.05) is 0 Å². The monoisotopic (exact) mass is 352 g/mol. The molecule has 0 aliphatic heterocycles. The summed E-state index contributed by atoms with van der Waals surface area (Å²) in [6.45, 7) is 0. The number of hydrogen-bond acceptors (Lipinski definition) is 3. The van der Waals surface area contributed by atoms with Crippen molar-refractivity contribution in [3.8, 4) is 0 Å². The molecule has 1 N–H and O–H groups in total. The van der Waals surface area contributed by atoms with Crippen molar-refractivity contribution < 1.29 is 8.42 Å². The van der Waals surface area contributed by atoms with Crippen LogP contribution >= 0.6 is 15.9 Å². The van der Waals surface area contributed by atoms with Crippen molar-refractivity contribution >= 4 is 32.2 Å². The molecule has 0 unspecified atom stereocenters. The van der Waals surface area contributed by atoms with E-state index in [1.165, 1.54) is 6.21 Å². The number of halogens is 1. The Bertz CT molecular complexity index is 700. The lowest BCUT2D eigenvalue weighted by Gasteiger charge is -2.03. The second kappa shape index (κ2) is 6.67.